The summed E-state index contributed by atoms with van der Waals surface area (Å²) in [6.45, 7) is 2.98. The Morgan fingerprint density at radius 2 is 2.06 bits per heavy atom. The Kier molecular flexibility index (Phi) is 5.86. The van der Waals surface area contributed by atoms with Gasteiger partial charge >= 0.3 is 0 Å². The minimum Gasteiger partial charge on any atom is -0.493 e. The van der Waals surface area contributed by atoms with E-state index in [0.29, 0.717) is 17.9 Å². The van der Waals surface area contributed by atoms with Gasteiger partial charge in [0.25, 0.3) is 0 Å². The van der Waals surface area contributed by atoms with Crippen LogP contribution in [0.3, 0.4) is 0 Å². The van der Waals surface area contributed by atoms with Crippen LogP contribution in [-0.2, 0) is 6.54 Å². The summed E-state index contributed by atoms with van der Waals surface area (Å²) >= 11 is 0. The van der Waals surface area contributed by atoms with Crippen LogP contribution in [0.5, 0.6) is 5.75 Å². The second-order valence-corrected chi connectivity index (χ2v) is 3.83. The first-order chi connectivity index (χ1) is 7.79. The van der Waals surface area contributed by atoms with Crippen LogP contribution in [0.2, 0.25) is 0 Å². The minimum absolute atomic E-state index is 0.178. The van der Waals surface area contributed by atoms with Gasteiger partial charge in [-0.05, 0) is 18.6 Å². The first kappa shape index (κ1) is 13.0. The first-order valence-corrected chi connectivity index (χ1v) is 5.89. The van der Waals surface area contributed by atoms with Crippen LogP contribution >= 0.6 is 0 Å². The SMILES string of the molecule is CCCCCCOc1cccc(F)c1CN. The lowest BCUT2D eigenvalue weighted by atomic mass is 10.2. The molecule has 2 N–H and O–H groups in total. The molecule has 0 aliphatic rings. The maximum Gasteiger partial charge on any atom is 0.131 e. The molecule has 1 aromatic carbocycles. The van der Waals surface area contributed by atoms with Crippen molar-refractivity contribution in [2.24, 2.45) is 5.73 Å². The Bertz CT molecular complexity index is 315. The lowest BCUT2D eigenvalue weighted by Crippen LogP contribution is -2.06. The van der Waals surface area contributed by atoms with Gasteiger partial charge in [-0.25, -0.2) is 4.39 Å². The quantitative estimate of drug-likeness (QED) is 0.723. The highest BCUT2D eigenvalue weighted by Crippen LogP contribution is 2.21. The lowest BCUT2D eigenvalue weighted by molar-refractivity contribution is 0.300. The summed E-state index contributed by atoms with van der Waals surface area (Å²) in [6.07, 6.45) is 4.59. The van der Waals surface area contributed by atoms with Gasteiger partial charge in [0.05, 0.1) is 6.61 Å². The molecule has 1 rings (SSSR count). The van der Waals surface area contributed by atoms with Crippen LogP contribution in [0.15, 0.2) is 18.2 Å². The van der Waals surface area contributed by atoms with Crippen LogP contribution in [0.25, 0.3) is 0 Å². The van der Waals surface area contributed by atoms with Gasteiger partial charge in [0, 0.05) is 12.1 Å². The van der Waals surface area contributed by atoms with Gasteiger partial charge in [-0.15, -0.1) is 0 Å². The Balaban J connectivity index is 2.44. The Morgan fingerprint density at radius 3 is 2.75 bits per heavy atom. The van der Waals surface area contributed by atoms with Crippen LogP contribution in [0.1, 0.15) is 38.2 Å². The highest BCUT2D eigenvalue weighted by molar-refractivity contribution is 5.34. The topological polar surface area (TPSA) is 35.2 Å². The molecule has 16 heavy (non-hydrogen) atoms. The number of rotatable bonds is 7. The number of hydrogen-bond donors (Lipinski definition) is 1. The summed E-state index contributed by atoms with van der Waals surface area (Å²) in [5.41, 5.74) is 5.95. The average Bonchev–Trinajstić information content (AvgIpc) is 2.29. The fourth-order valence-electron chi connectivity index (χ4n) is 1.58. The van der Waals surface area contributed by atoms with Crippen molar-refractivity contribution in [3.8, 4) is 5.75 Å². The molecule has 0 aliphatic heterocycles. The second-order valence-electron chi connectivity index (χ2n) is 3.83. The second kappa shape index (κ2) is 7.23. The number of ether oxygens (including phenoxy) is 1. The molecule has 0 radical (unpaired) electrons. The van der Waals surface area contributed by atoms with Gasteiger partial charge in [0.1, 0.15) is 11.6 Å². The highest BCUT2D eigenvalue weighted by atomic mass is 19.1. The third-order valence-corrected chi connectivity index (χ3v) is 2.54. The Hall–Kier alpha value is -1.09. The van der Waals surface area contributed by atoms with Crippen molar-refractivity contribution in [2.45, 2.75) is 39.2 Å². The van der Waals surface area contributed by atoms with E-state index in [1.807, 2.05) is 0 Å². The van der Waals surface area contributed by atoms with Crippen molar-refractivity contribution in [2.75, 3.05) is 6.61 Å². The number of halogens is 1. The normalized spacial score (nSPS) is 10.4. The zero-order valence-corrected chi connectivity index (χ0v) is 9.84. The molecule has 2 nitrogen and oxygen atoms in total. The third-order valence-electron chi connectivity index (χ3n) is 2.54. The van der Waals surface area contributed by atoms with Crippen molar-refractivity contribution < 1.29 is 9.13 Å². The number of benzene rings is 1. The van der Waals surface area contributed by atoms with Crippen LogP contribution < -0.4 is 10.5 Å². The van der Waals surface area contributed by atoms with Crippen LogP contribution in [0.4, 0.5) is 4.39 Å². The zero-order chi connectivity index (χ0) is 11.8. The Morgan fingerprint density at radius 1 is 1.25 bits per heavy atom. The molecule has 0 aromatic heterocycles. The largest absolute Gasteiger partial charge is 0.493 e. The van der Waals surface area contributed by atoms with E-state index in [1.54, 1.807) is 12.1 Å². The van der Waals surface area contributed by atoms with E-state index in [4.69, 9.17) is 10.5 Å². The summed E-state index contributed by atoms with van der Waals surface area (Å²) in [5.74, 6) is 0.299. The van der Waals surface area contributed by atoms with Crippen LogP contribution in [-0.4, -0.2) is 6.61 Å². The van der Waals surface area contributed by atoms with Gasteiger partial charge in [-0.2, -0.15) is 0 Å². The molecule has 0 fully saturated rings. The van der Waals surface area contributed by atoms with Crippen LogP contribution in [0, 0.1) is 5.82 Å². The molecule has 0 heterocycles. The van der Waals surface area contributed by atoms with Crippen molar-refractivity contribution in [1.29, 1.82) is 0 Å². The van der Waals surface area contributed by atoms with Gasteiger partial charge in [-0.3, -0.25) is 0 Å². The highest BCUT2D eigenvalue weighted by Gasteiger charge is 2.07. The third kappa shape index (κ3) is 3.81. The van der Waals surface area contributed by atoms with E-state index < -0.39 is 0 Å². The first-order valence-electron chi connectivity index (χ1n) is 5.89. The molecule has 0 amide bonds. The summed E-state index contributed by atoms with van der Waals surface area (Å²) in [5, 5.41) is 0. The molecule has 0 atom stereocenters. The molecule has 0 saturated carbocycles. The fraction of sp³-hybridized carbons (Fsp3) is 0.538. The zero-order valence-electron chi connectivity index (χ0n) is 9.84. The van der Waals surface area contributed by atoms with E-state index >= 15 is 0 Å². The van der Waals surface area contributed by atoms with Gasteiger partial charge in [0.2, 0.25) is 0 Å². The minimum atomic E-state index is -0.284. The average molecular weight is 225 g/mol. The van der Waals surface area contributed by atoms with E-state index in [0.717, 1.165) is 12.8 Å². The molecule has 0 aliphatic carbocycles. The van der Waals surface area contributed by atoms with E-state index in [-0.39, 0.29) is 12.4 Å². The predicted molar refractivity (Wildman–Crippen MR) is 63.9 cm³/mol. The molecular formula is C13H20FNO. The lowest BCUT2D eigenvalue weighted by Gasteiger charge is -2.10. The van der Waals surface area contributed by atoms with Gasteiger partial charge in [0.15, 0.2) is 0 Å². The summed E-state index contributed by atoms with van der Waals surface area (Å²) in [7, 11) is 0. The molecule has 90 valence electrons. The molecule has 0 bridgehead atoms. The van der Waals surface area contributed by atoms with E-state index in [9.17, 15) is 4.39 Å². The summed E-state index contributed by atoms with van der Waals surface area (Å²) in [4.78, 5) is 0. The van der Waals surface area contributed by atoms with Gasteiger partial charge < -0.3 is 10.5 Å². The fourth-order valence-corrected chi connectivity index (χ4v) is 1.58. The molecular weight excluding hydrogens is 205 g/mol. The maximum atomic E-state index is 13.3. The smallest absolute Gasteiger partial charge is 0.131 e. The monoisotopic (exact) mass is 225 g/mol. The molecule has 0 unspecified atom stereocenters. The Labute approximate surface area is 96.6 Å². The molecule has 0 saturated heterocycles. The van der Waals surface area contributed by atoms with Crippen molar-refractivity contribution >= 4 is 0 Å². The van der Waals surface area contributed by atoms with Crippen molar-refractivity contribution in [1.82, 2.24) is 0 Å². The van der Waals surface area contributed by atoms with E-state index in [2.05, 4.69) is 6.92 Å². The molecule has 1 aromatic rings. The number of unbranched alkanes of at least 4 members (excludes halogenated alkanes) is 3. The van der Waals surface area contributed by atoms with E-state index in [1.165, 1.54) is 18.9 Å². The molecule has 0 spiro atoms. The van der Waals surface area contributed by atoms with Crippen molar-refractivity contribution in [3.05, 3.63) is 29.6 Å². The standard InChI is InChI=1S/C13H20FNO/c1-2-3-4-5-9-16-13-8-6-7-12(14)11(13)10-15/h6-8H,2-5,9-10,15H2,1H3. The number of nitrogens with two attached hydrogens (primary N) is 1. The maximum absolute atomic E-state index is 13.3. The van der Waals surface area contributed by atoms with Crippen molar-refractivity contribution in [3.63, 3.8) is 0 Å². The number of hydrogen-bond acceptors (Lipinski definition) is 2. The van der Waals surface area contributed by atoms with Gasteiger partial charge in [-0.1, -0.05) is 32.3 Å². The summed E-state index contributed by atoms with van der Waals surface area (Å²) < 4.78 is 18.9. The molecule has 3 heteroatoms. The predicted octanol–water partition coefficient (Wildman–Crippen LogP) is 3.24. The summed E-state index contributed by atoms with van der Waals surface area (Å²) in [6, 6.07) is 4.83.